The minimum atomic E-state index is -1.56. The van der Waals surface area contributed by atoms with Gasteiger partial charge in [-0.2, -0.15) is 5.10 Å². The van der Waals surface area contributed by atoms with Gasteiger partial charge in [-0.3, -0.25) is 24.2 Å². The summed E-state index contributed by atoms with van der Waals surface area (Å²) in [6.45, 7) is 0. The number of carbonyl (C=O) groups excluding carboxylic acids is 4. The van der Waals surface area contributed by atoms with E-state index in [9.17, 15) is 19.2 Å². The monoisotopic (exact) mass is 326 g/mol. The molecule has 1 aliphatic heterocycles. The zero-order valence-electron chi connectivity index (χ0n) is 13.0. The molecule has 3 rings (SSSR count). The molecule has 0 bridgehead atoms. The Morgan fingerprint density at radius 3 is 2.17 bits per heavy atom. The van der Waals surface area contributed by atoms with Gasteiger partial charge in [0.1, 0.15) is 0 Å². The van der Waals surface area contributed by atoms with Crippen LogP contribution in [0.25, 0.3) is 5.69 Å². The van der Waals surface area contributed by atoms with E-state index in [-0.39, 0.29) is 5.56 Å². The number of urea groups is 1. The number of nitrogens with zero attached hydrogens (tertiary/aromatic N) is 4. The minimum Gasteiger partial charge on any atom is -0.293 e. The fourth-order valence-electron chi connectivity index (χ4n) is 2.47. The molecule has 1 aliphatic rings. The van der Waals surface area contributed by atoms with Crippen molar-refractivity contribution < 1.29 is 19.2 Å². The van der Waals surface area contributed by atoms with E-state index in [4.69, 9.17) is 0 Å². The summed E-state index contributed by atoms with van der Waals surface area (Å²) in [5.41, 5.74) is 0.865. The van der Waals surface area contributed by atoms with E-state index in [0.717, 1.165) is 15.5 Å². The highest BCUT2D eigenvalue weighted by Crippen LogP contribution is 2.20. The number of benzene rings is 1. The van der Waals surface area contributed by atoms with Crippen molar-refractivity contribution in [3.05, 3.63) is 48.3 Å². The third-order valence-electron chi connectivity index (χ3n) is 3.88. The van der Waals surface area contributed by atoms with Crippen molar-refractivity contribution in [2.45, 2.75) is 0 Å². The Morgan fingerprint density at radius 2 is 1.58 bits per heavy atom. The molecule has 0 spiro atoms. The Bertz CT molecular complexity index is 819. The molecule has 8 heteroatoms. The van der Waals surface area contributed by atoms with Gasteiger partial charge in [0, 0.05) is 20.3 Å². The maximum absolute atomic E-state index is 12.6. The van der Waals surface area contributed by atoms with Crippen molar-refractivity contribution in [1.29, 1.82) is 0 Å². The summed E-state index contributed by atoms with van der Waals surface area (Å²) in [6, 6.07) is 8.34. The van der Waals surface area contributed by atoms with Crippen LogP contribution in [0.5, 0.6) is 0 Å². The number of para-hydroxylation sites is 1. The summed E-state index contributed by atoms with van der Waals surface area (Å²) in [7, 11) is 2.47. The highest BCUT2D eigenvalue weighted by atomic mass is 16.2. The van der Waals surface area contributed by atoms with Gasteiger partial charge >= 0.3 is 6.03 Å². The molecular formula is C16H14N4O4. The zero-order chi connectivity index (χ0) is 17.4. The van der Waals surface area contributed by atoms with Gasteiger partial charge in [0.2, 0.25) is 0 Å². The van der Waals surface area contributed by atoms with E-state index >= 15 is 0 Å². The first kappa shape index (κ1) is 15.6. The molecule has 4 amide bonds. The summed E-state index contributed by atoms with van der Waals surface area (Å²) in [4.78, 5) is 50.2. The molecule has 0 unspecified atom stereocenters. The van der Waals surface area contributed by atoms with E-state index in [2.05, 4.69) is 5.10 Å². The third-order valence-corrected chi connectivity index (χ3v) is 3.88. The summed E-state index contributed by atoms with van der Waals surface area (Å²) in [5.74, 6) is -3.91. The molecule has 122 valence electrons. The first-order chi connectivity index (χ1) is 11.4. The van der Waals surface area contributed by atoms with Crippen LogP contribution in [0.15, 0.2) is 42.7 Å². The van der Waals surface area contributed by atoms with E-state index in [0.29, 0.717) is 0 Å². The molecule has 0 radical (unpaired) electrons. The van der Waals surface area contributed by atoms with Gasteiger partial charge in [0.05, 0.1) is 17.4 Å². The van der Waals surface area contributed by atoms with Crippen molar-refractivity contribution in [3.63, 3.8) is 0 Å². The molecule has 2 heterocycles. The maximum Gasteiger partial charge on any atom is 0.332 e. The number of barbiturate groups is 1. The van der Waals surface area contributed by atoms with E-state index in [1.165, 1.54) is 31.2 Å². The van der Waals surface area contributed by atoms with Crippen molar-refractivity contribution in [2.75, 3.05) is 14.1 Å². The number of aromatic nitrogens is 2. The fourth-order valence-corrected chi connectivity index (χ4v) is 2.47. The number of hydrogen-bond donors (Lipinski definition) is 0. The zero-order valence-corrected chi connectivity index (χ0v) is 13.0. The van der Waals surface area contributed by atoms with Crippen LogP contribution in [0, 0.1) is 5.92 Å². The first-order valence-corrected chi connectivity index (χ1v) is 7.15. The quantitative estimate of drug-likeness (QED) is 0.612. The maximum atomic E-state index is 12.6. The lowest BCUT2D eigenvalue weighted by Gasteiger charge is -2.31. The Labute approximate surface area is 137 Å². The van der Waals surface area contributed by atoms with Crippen LogP contribution in [-0.4, -0.2) is 57.3 Å². The van der Waals surface area contributed by atoms with Crippen LogP contribution in [-0.2, 0) is 9.59 Å². The molecule has 8 nitrogen and oxygen atoms in total. The van der Waals surface area contributed by atoms with Gasteiger partial charge in [0.15, 0.2) is 11.7 Å². The van der Waals surface area contributed by atoms with Gasteiger partial charge in [-0.15, -0.1) is 0 Å². The second-order valence-electron chi connectivity index (χ2n) is 5.38. The molecule has 0 N–H and O–H groups in total. The number of rotatable bonds is 3. The van der Waals surface area contributed by atoms with E-state index in [1.54, 1.807) is 12.1 Å². The average Bonchev–Trinajstić information content (AvgIpc) is 3.09. The summed E-state index contributed by atoms with van der Waals surface area (Å²) >= 11 is 0. The van der Waals surface area contributed by atoms with Gasteiger partial charge in [-0.1, -0.05) is 18.2 Å². The average molecular weight is 326 g/mol. The predicted octanol–water partition coefficient (Wildman–Crippen LogP) is 0.722. The normalized spacial score (nSPS) is 16.0. The van der Waals surface area contributed by atoms with Crippen LogP contribution in [0.4, 0.5) is 4.79 Å². The van der Waals surface area contributed by atoms with Crippen molar-refractivity contribution in [2.24, 2.45) is 5.92 Å². The van der Waals surface area contributed by atoms with Crippen LogP contribution in [0.3, 0.4) is 0 Å². The number of Topliss-reactive ketones (excluding diaryl/α,β-unsaturated/α-hetero) is 1. The lowest BCUT2D eigenvalue weighted by atomic mass is 9.95. The molecule has 24 heavy (non-hydrogen) atoms. The third kappa shape index (κ3) is 2.37. The second kappa shape index (κ2) is 5.73. The molecular weight excluding hydrogens is 312 g/mol. The van der Waals surface area contributed by atoms with Gasteiger partial charge in [-0.25, -0.2) is 9.48 Å². The highest BCUT2D eigenvalue weighted by molar-refractivity contribution is 6.29. The Morgan fingerprint density at radius 1 is 1.00 bits per heavy atom. The molecule has 1 saturated heterocycles. The number of hydrogen-bond acceptors (Lipinski definition) is 5. The lowest BCUT2D eigenvalue weighted by Crippen LogP contribution is -2.58. The standard InChI is InChI=1S/C16H14N4O4/c1-18-14(22)12(15(23)19(2)16(18)24)13(21)10-8-17-20(9-10)11-6-4-3-5-7-11/h3-9,12H,1-2H3. The molecule has 1 aromatic heterocycles. The molecule has 0 saturated carbocycles. The van der Waals surface area contributed by atoms with Crippen LogP contribution >= 0.6 is 0 Å². The topological polar surface area (TPSA) is 92.6 Å². The SMILES string of the molecule is CN1C(=O)C(C(=O)c2cnn(-c3ccccc3)c2)C(=O)N(C)C1=O. The number of amides is 4. The van der Waals surface area contributed by atoms with Crippen LogP contribution < -0.4 is 0 Å². The van der Waals surface area contributed by atoms with E-state index in [1.807, 2.05) is 18.2 Å². The van der Waals surface area contributed by atoms with Gasteiger partial charge in [-0.05, 0) is 12.1 Å². The predicted molar refractivity (Wildman–Crippen MR) is 82.3 cm³/mol. The summed E-state index contributed by atoms with van der Waals surface area (Å²) in [5, 5.41) is 4.08. The number of carbonyl (C=O) groups is 4. The first-order valence-electron chi connectivity index (χ1n) is 7.15. The van der Waals surface area contributed by atoms with Gasteiger partial charge in [0.25, 0.3) is 11.8 Å². The smallest absolute Gasteiger partial charge is 0.293 e. The summed E-state index contributed by atoms with van der Waals surface area (Å²) < 4.78 is 1.48. The van der Waals surface area contributed by atoms with Crippen molar-refractivity contribution >= 4 is 23.6 Å². The van der Waals surface area contributed by atoms with Crippen LogP contribution in [0.2, 0.25) is 0 Å². The second-order valence-corrected chi connectivity index (χ2v) is 5.38. The number of imide groups is 2. The molecule has 0 atom stereocenters. The molecule has 1 aromatic carbocycles. The Kier molecular flexibility index (Phi) is 3.72. The fraction of sp³-hybridized carbons (Fsp3) is 0.188. The van der Waals surface area contributed by atoms with Crippen molar-refractivity contribution in [3.8, 4) is 5.69 Å². The summed E-state index contributed by atoms with van der Waals surface area (Å²) in [6.07, 6.45) is 2.75. The number of ketones is 1. The van der Waals surface area contributed by atoms with Crippen LogP contribution in [0.1, 0.15) is 10.4 Å². The van der Waals surface area contributed by atoms with Gasteiger partial charge < -0.3 is 0 Å². The largest absolute Gasteiger partial charge is 0.332 e. The Hall–Kier alpha value is -3.29. The molecule has 1 fully saturated rings. The minimum absolute atomic E-state index is 0.127. The van der Waals surface area contributed by atoms with Crippen molar-refractivity contribution in [1.82, 2.24) is 19.6 Å². The highest BCUT2D eigenvalue weighted by Gasteiger charge is 2.47. The Balaban J connectivity index is 1.92. The molecule has 2 aromatic rings. The van der Waals surface area contributed by atoms with E-state index < -0.39 is 29.5 Å². The molecule has 0 aliphatic carbocycles. The lowest BCUT2D eigenvalue weighted by molar-refractivity contribution is -0.145.